The monoisotopic (exact) mass is 491 g/mol. The molecule has 0 saturated carbocycles. The third kappa shape index (κ3) is 6.40. The van der Waals surface area contributed by atoms with E-state index in [1.54, 1.807) is 31.4 Å². The van der Waals surface area contributed by atoms with Crippen molar-refractivity contribution in [3.63, 3.8) is 0 Å². The van der Waals surface area contributed by atoms with Gasteiger partial charge in [-0.2, -0.15) is 9.98 Å². The Hall–Kier alpha value is -3.38. The average molecular weight is 492 g/mol. The zero-order chi connectivity index (χ0) is 24.7. The summed E-state index contributed by atoms with van der Waals surface area (Å²) < 4.78 is 39.4. The van der Waals surface area contributed by atoms with Gasteiger partial charge in [-0.1, -0.05) is 24.3 Å². The minimum absolute atomic E-state index is 0.214. The predicted octanol–water partition coefficient (Wildman–Crippen LogP) is 4.40. The molecule has 1 saturated heterocycles. The number of hydrogen-bond donors (Lipinski definition) is 1. The van der Waals surface area contributed by atoms with Gasteiger partial charge in [0.1, 0.15) is 11.5 Å². The van der Waals surface area contributed by atoms with E-state index in [2.05, 4.69) is 15.7 Å². The molecule has 182 valence electrons. The van der Waals surface area contributed by atoms with Gasteiger partial charge in [0.25, 0.3) is 0 Å². The van der Waals surface area contributed by atoms with E-state index < -0.39 is 10.0 Å². The lowest BCUT2D eigenvalue weighted by atomic mass is 10.0. The Morgan fingerprint density at radius 2 is 1.60 bits per heavy atom. The van der Waals surface area contributed by atoms with Crippen LogP contribution in [0.15, 0.2) is 77.7 Å². The van der Waals surface area contributed by atoms with Crippen LogP contribution in [-0.4, -0.2) is 46.3 Å². The molecule has 1 aliphatic heterocycles. The normalized spacial score (nSPS) is 16.1. The van der Waals surface area contributed by atoms with Gasteiger partial charge in [-0.25, -0.2) is 8.42 Å². The van der Waals surface area contributed by atoms with Crippen molar-refractivity contribution >= 4 is 10.0 Å². The number of rotatable bonds is 10. The van der Waals surface area contributed by atoms with Crippen molar-refractivity contribution in [2.24, 2.45) is 0 Å². The summed E-state index contributed by atoms with van der Waals surface area (Å²) in [7, 11) is -2.05. The molecule has 1 unspecified atom stereocenters. The van der Waals surface area contributed by atoms with Crippen LogP contribution in [-0.2, 0) is 10.0 Å². The van der Waals surface area contributed by atoms with Crippen molar-refractivity contribution in [2.75, 3.05) is 26.8 Å². The first-order valence-corrected chi connectivity index (χ1v) is 13.1. The first-order chi connectivity index (χ1) is 17.0. The van der Waals surface area contributed by atoms with E-state index in [1.165, 1.54) is 0 Å². The van der Waals surface area contributed by atoms with Crippen LogP contribution in [0.5, 0.6) is 11.5 Å². The molecule has 1 atom stereocenters. The van der Waals surface area contributed by atoms with Crippen LogP contribution in [0.3, 0.4) is 0 Å². The van der Waals surface area contributed by atoms with Gasteiger partial charge in [-0.3, -0.25) is 4.90 Å². The summed E-state index contributed by atoms with van der Waals surface area (Å²) in [6.45, 7) is 2.15. The number of benzene rings is 3. The maximum atomic E-state index is 12.8. The van der Waals surface area contributed by atoms with Gasteiger partial charge in [0.15, 0.2) is 0 Å². The standard InChI is InChI=1S/C27H29N3O4S/c1-33-24-13-15-26(16-14-24)35(31,32)29-27-4-2-17-30(27)18-3-19-34-25-11-9-23(10-12-25)22-7-5-21(20-28)6-8-22/h5-16,27,29H,2-4,17-19H2,1H3. The summed E-state index contributed by atoms with van der Waals surface area (Å²) >= 11 is 0. The highest BCUT2D eigenvalue weighted by atomic mass is 32.2. The molecule has 35 heavy (non-hydrogen) atoms. The highest BCUT2D eigenvalue weighted by Crippen LogP contribution is 2.23. The van der Waals surface area contributed by atoms with Crippen LogP contribution in [0, 0.1) is 11.3 Å². The van der Waals surface area contributed by atoms with Crippen LogP contribution in [0.1, 0.15) is 24.8 Å². The highest BCUT2D eigenvalue weighted by Gasteiger charge is 2.28. The zero-order valence-electron chi connectivity index (χ0n) is 19.7. The van der Waals surface area contributed by atoms with Crippen LogP contribution < -0.4 is 14.2 Å². The summed E-state index contributed by atoms with van der Waals surface area (Å²) in [5.74, 6) is 1.41. The van der Waals surface area contributed by atoms with Crippen LogP contribution in [0.2, 0.25) is 0 Å². The quantitative estimate of drug-likeness (QED) is 0.423. The average Bonchev–Trinajstić information content (AvgIpc) is 3.33. The predicted molar refractivity (Wildman–Crippen MR) is 135 cm³/mol. The molecule has 7 nitrogen and oxygen atoms in total. The Labute approximate surface area is 207 Å². The summed E-state index contributed by atoms with van der Waals surface area (Å²) in [5, 5.41) is 8.93. The maximum Gasteiger partial charge on any atom is 0.241 e. The number of nitriles is 1. The fourth-order valence-corrected chi connectivity index (χ4v) is 5.42. The van der Waals surface area contributed by atoms with E-state index in [0.717, 1.165) is 49.2 Å². The molecule has 4 rings (SSSR count). The smallest absolute Gasteiger partial charge is 0.241 e. The fourth-order valence-electron chi connectivity index (χ4n) is 4.17. The second kappa shape index (κ2) is 11.4. The Morgan fingerprint density at radius 3 is 2.23 bits per heavy atom. The van der Waals surface area contributed by atoms with Crippen molar-refractivity contribution < 1.29 is 17.9 Å². The molecule has 1 aliphatic rings. The van der Waals surface area contributed by atoms with Crippen LogP contribution >= 0.6 is 0 Å². The van der Waals surface area contributed by atoms with Crippen LogP contribution in [0.4, 0.5) is 0 Å². The van der Waals surface area contributed by atoms with E-state index in [1.807, 2.05) is 48.5 Å². The topological polar surface area (TPSA) is 91.7 Å². The van der Waals surface area contributed by atoms with E-state index in [0.29, 0.717) is 17.9 Å². The van der Waals surface area contributed by atoms with E-state index in [4.69, 9.17) is 14.7 Å². The third-order valence-corrected chi connectivity index (χ3v) is 7.56. The molecule has 3 aromatic carbocycles. The van der Waals surface area contributed by atoms with E-state index in [9.17, 15) is 8.42 Å². The minimum Gasteiger partial charge on any atom is -0.497 e. The molecular weight excluding hydrogens is 462 g/mol. The molecule has 3 aromatic rings. The molecule has 1 fully saturated rings. The molecule has 0 aromatic heterocycles. The largest absolute Gasteiger partial charge is 0.497 e. The van der Waals surface area contributed by atoms with Crippen molar-refractivity contribution in [3.05, 3.63) is 78.4 Å². The lowest BCUT2D eigenvalue weighted by molar-refractivity contribution is 0.214. The van der Waals surface area contributed by atoms with Gasteiger partial charge in [-0.15, -0.1) is 0 Å². The molecule has 0 amide bonds. The van der Waals surface area contributed by atoms with Crippen molar-refractivity contribution in [2.45, 2.75) is 30.3 Å². The number of sulfonamides is 1. The lowest BCUT2D eigenvalue weighted by Gasteiger charge is -2.25. The molecule has 0 aliphatic carbocycles. The molecule has 1 N–H and O–H groups in total. The number of ether oxygens (including phenoxy) is 2. The summed E-state index contributed by atoms with van der Waals surface area (Å²) in [5.41, 5.74) is 2.75. The summed E-state index contributed by atoms with van der Waals surface area (Å²) in [4.78, 5) is 2.40. The van der Waals surface area contributed by atoms with Gasteiger partial charge in [0.05, 0.1) is 36.4 Å². The Kier molecular flexibility index (Phi) is 8.03. The Morgan fingerprint density at radius 1 is 0.971 bits per heavy atom. The molecule has 0 spiro atoms. The summed E-state index contributed by atoms with van der Waals surface area (Å²) in [6, 6.07) is 23.9. The minimum atomic E-state index is -3.60. The van der Waals surface area contributed by atoms with Gasteiger partial charge in [0.2, 0.25) is 10.0 Å². The molecular formula is C27H29N3O4S. The van der Waals surface area contributed by atoms with Gasteiger partial charge in [0, 0.05) is 6.54 Å². The second-order valence-corrected chi connectivity index (χ2v) is 10.1. The molecule has 8 heteroatoms. The first-order valence-electron chi connectivity index (χ1n) is 11.6. The highest BCUT2D eigenvalue weighted by molar-refractivity contribution is 7.89. The maximum absolute atomic E-state index is 12.8. The van der Waals surface area contributed by atoms with Gasteiger partial charge >= 0.3 is 0 Å². The first kappa shape index (κ1) is 24.7. The number of likely N-dealkylation sites (tertiary alicyclic amines) is 1. The Bertz CT molecular complexity index is 1250. The number of nitrogens with one attached hydrogen (secondary N) is 1. The second-order valence-electron chi connectivity index (χ2n) is 8.41. The number of nitrogens with zero attached hydrogens (tertiary/aromatic N) is 2. The SMILES string of the molecule is COc1ccc(S(=O)(=O)NC2CCCN2CCCOc2ccc(-c3ccc(C#N)cc3)cc2)cc1. The van der Waals surface area contributed by atoms with E-state index in [-0.39, 0.29) is 11.1 Å². The van der Waals surface area contributed by atoms with Gasteiger partial charge in [-0.05, 0) is 85.5 Å². The van der Waals surface area contributed by atoms with Crippen LogP contribution in [0.25, 0.3) is 11.1 Å². The zero-order valence-corrected chi connectivity index (χ0v) is 20.5. The molecule has 1 heterocycles. The third-order valence-electron chi connectivity index (χ3n) is 6.08. The number of methoxy groups -OCH3 is 1. The molecule has 0 bridgehead atoms. The Balaban J connectivity index is 1.25. The van der Waals surface area contributed by atoms with Crippen molar-refractivity contribution in [1.82, 2.24) is 9.62 Å². The lowest BCUT2D eigenvalue weighted by Crippen LogP contribution is -2.44. The summed E-state index contributed by atoms with van der Waals surface area (Å²) in [6.07, 6.45) is 2.31. The van der Waals surface area contributed by atoms with Crippen molar-refractivity contribution in [1.29, 1.82) is 5.26 Å². The fraction of sp³-hybridized carbons (Fsp3) is 0.296. The molecule has 0 radical (unpaired) electrons. The van der Waals surface area contributed by atoms with Crippen molar-refractivity contribution in [3.8, 4) is 28.7 Å². The van der Waals surface area contributed by atoms with E-state index >= 15 is 0 Å². The number of hydrogen-bond acceptors (Lipinski definition) is 6. The van der Waals surface area contributed by atoms with Gasteiger partial charge < -0.3 is 9.47 Å².